The number of hydrogen-bond acceptors (Lipinski definition) is 3. The molecular weight excluding hydrogens is 269 g/mol. The molecule has 1 fully saturated rings. The molecule has 0 bridgehead atoms. The topological polar surface area (TPSA) is 27.3 Å². The van der Waals surface area contributed by atoms with Gasteiger partial charge in [0.1, 0.15) is 0 Å². The number of nitrogens with one attached hydrogen (secondary N) is 2. The van der Waals surface area contributed by atoms with Gasteiger partial charge < -0.3 is 27.9 Å². The second kappa shape index (κ2) is 9.92. The van der Waals surface area contributed by atoms with Crippen LogP contribution in [-0.2, 0) is 21.7 Å². The minimum absolute atomic E-state index is 0. The summed E-state index contributed by atoms with van der Waals surface area (Å²) in [6.45, 7) is 6.45. The van der Waals surface area contributed by atoms with Gasteiger partial charge in [0.05, 0.1) is 0 Å². The average Bonchev–Trinajstić information content (AvgIpc) is 2.43. The smallest absolute Gasteiger partial charge is 1.00 e. The zero-order chi connectivity index (χ0) is 10.3. The summed E-state index contributed by atoms with van der Waals surface area (Å²) >= 11 is 0. The monoisotopic (exact) mass is 288 g/mol. The van der Waals surface area contributed by atoms with Crippen molar-refractivity contribution in [3.05, 3.63) is 30.3 Å². The molecule has 5 heteroatoms. The van der Waals surface area contributed by atoms with Crippen molar-refractivity contribution in [3.63, 3.8) is 0 Å². The van der Waals surface area contributed by atoms with Crippen molar-refractivity contribution < 1.29 is 34.1 Å². The Hall–Kier alpha value is -0.0557. The van der Waals surface area contributed by atoms with Crippen molar-refractivity contribution in [2.45, 2.75) is 0 Å². The van der Waals surface area contributed by atoms with E-state index in [1.807, 2.05) is 0 Å². The molecule has 1 heterocycles. The zero-order valence-corrected chi connectivity index (χ0v) is 12.3. The average molecular weight is 289 g/mol. The predicted octanol–water partition coefficient (Wildman–Crippen LogP) is -2.31. The molecule has 0 aliphatic carbocycles. The maximum Gasteiger partial charge on any atom is 2.00 e. The predicted molar refractivity (Wildman–Crippen MR) is 64.4 cm³/mol. The fourth-order valence-electron chi connectivity index (χ4n) is 1.86. The van der Waals surface area contributed by atoms with Crippen molar-refractivity contribution in [1.82, 2.24) is 10.6 Å². The zero-order valence-electron chi connectivity index (χ0n) is 9.95. The van der Waals surface area contributed by atoms with Gasteiger partial charge in [-0.1, -0.05) is 18.2 Å². The van der Waals surface area contributed by atoms with Crippen LogP contribution in [0.1, 0.15) is 0 Å². The molecule has 1 aliphatic heterocycles. The standard InChI is InChI=1S/C12H19N3.ClH.Ti/c1-2-4-12(5-3-1)15-10-8-13-6-7-14-9-11-15;;/h1-5,13-14H,6-11H2;1H;/q;;+2/p-1. The van der Waals surface area contributed by atoms with Gasteiger partial charge in [-0.3, -0.25) is 0 Å². The molecule has 0 atom stereocenters. The molecule has 0 radical (unpaired) electrons. The summed E-state index contributed by atoms with van der Waals surface area (Å²) in [6, 6.07) is 10.6. The van der Waals surface area contributed by atoms with Gasteiger partial charge in [-0.05, 0) is 12.1 Å². The Morgan fingerprint density at radius 3 is 1.88 bits per heavy atom. The van der Waals surface area contributed by atoms with Crippen LogP contribution >= 0.6 is 0 Å². The SMILES string of the molecule is [Cl-].[Ti+2].c1ccc(N2CCNCCNCC2)cc1. The van der Waals surface area contributed by atoms with Crippen molar-refractivity contribution >= 4 is 5.69 Å². The van der Waals surface area contributed by atoms with E-state index in [2.05, 4.69) is 45.9 Å². The molecule has 1 saturated heterocycles. The van der Waals surface area contributed by atoms with Crippen LogP contribution in [-0.4, -0.2) is 39.3 Å². The third kappa shape index (κ3) is 5.89. The molecule has 1 aromatic rings. The van der Waals surface area contributed by atoms with Crippen molar-refractivity contribution in [1.29, 1.82) is 0 Å². The second-order valence-corrected chi connectivity index (χ2v) is 3.82. The largest absolute Gasteiger partial charge is 2.00 e. The minimum atomic E-state index is 0. The quantitative estimate of drug-likeness (QED) is 0.569. The number of halogens is 1. The molecule has 0 aromatic heterocycles. The Kier molecular flexibility index (Phi) is 9.89. The Morgan fingerprint density at radius 2 is 1.35 bits per heavy atom. The molecule has 0 amide bonds. The Morgan fingerprint density at radius 1 is 0.824 bits per heavy atom. The summed E-state index contributed by atoms with van der Waals surface area (Å²) in [5.41, 5.74) is 1.32. The summed E-state index contributed by atoms with van der Waals surface area (Å²) in [4.78, 5) is 2.42. The third-order valence-corrected chi connectivity index (χ3v) is 2.72. The molecule has 1 aromatic carbocycles. The number of nitrogens with zero attached hydrogens (tertiary/aromatic N) is 1. The number of rotatable bonds is 1. The van der Waals surface area contributed by atoms with Gasteiger partial charge in [-0.2, -0.15) is 0 Å². The van der Waals surface area contributed by atoms with Crippen molar-refractivity contribution in [2.24, 2.45) is 0 Å². The fraction of sp³-hybridized carbons (Fsp3) is 0.500. The van der Waals surface area contributed by atoms with E-state index < -0.39 is 0 Å². The van der Waals surface area contributed by atoms with Gasteiger partial charge in [-0.15, -0.1) is 0 Å². The molecule has 3 nitrogen and oxygen atoms in total. The van der Waals surface area contributed by atoms with E-state index in [4.69, 9.17) is 0 Å². The molecule has 2 N–H and O–H groups in total. The number of hydrogen-bond donors (Lipinski definition) is 2. The van der Waals surface area contributed by atoms with Crippen molar-refractivity contribution in [3.8, 4) is 0 Å². The molecule has 92 valence electrons. The van der Waals surface area contributed by atoms with Gasteiger partial charge in [0.2, 0.25) is 0 Å². The summed E-state index contributed by atoms with van der Waals surface area (Å²) < 4.78 is 0. The molecular formula is C12H19ClN3Ti+. The molecule has 17 heavy (non-hydrogen) atoms. The first kappa shape index (κ1) is 16.9. The van der Waals surface area contributed by atoms with E-state index in [1.165, 1.54) is 5.69 Å². The fourth-order valence-corrected chi connectivity index (χ4v) is 1.86. The first-order valence-electron chi connectivity index (χ1n) is 5.68. The van der Waals surface area contributed by atoms with E-state index in [0.717, 1.165) is 39.3 Å². The summed E-state index contributed by atoms with van der Waals surface area (Å²) in [5, 5.41) is 6.85. The van der Waals surface area contributed by atoms with Crippen molar-refractivity contribution in [2.75, 3.05) is 44.2 Å². The minimum Gasteiger partial charge on any atom is -1.00 e. The van der Waals surface area contributed by atoms with E-state index in [0.29, 0.717) is 0 Å². The van der Waals surface area contributed by atoms with E-state index in [1.54, 1.807) is 0 Å². The number of anilines is 1. The normalized spacial score (nSPS) is 16.8. The summed E-state index contributed by atoms with van der Waals surface area (Å²) in [7, 11) is 0. The van der Waals surface area contributed by atoms with E-state index in [9.17, 15) is 0 Å². The maximum absolute atomic E-state index is 3.42. The first-order chi connectivity index (χ1) is 7.47. The number of para-hydroxylation sites is 1. The number of benzene rings is 1. The summed E-state index contributed by atoms with van der Waals surface area (Å²) in [5.74, 6) is 0. The molecule has 0 unspecified atom stereocenters. The molecule has 0 saturated carbocycles. The second-order valence-electron chi connectivity index (χ2n) is 3.82. The van der Waals surface area contributed by atoms with E-state index >= 15 is 0 Å². The van der Waals surface area contributed by atoms with Crippen LogP contribution in [0.2, 0.25) is 0 Å². The van der Waals surface area contributed by atoms with Crippen LogP contribution in [0.15, 0.2) is 30.3 Å². The van der Waals surface area contributed by atoms with Crippen LogP contribution in [0, 0.1) is 0 Å². The van der Waals surface area contributed by atoms with Gasteiger partial charge in [0, 0.05) is 45.0 Å². The Bertz CT molecular complexity index is 274. The van der Waals surface area contributed by atoms with Gasteiger partial charge in [-0.25, -0.2) is 0 Å². The first-order valence-corrected chi connectivity index (χ1v) is 5.68. The van der Waals surface area contributed by atoms with Crippen LogP contribution < -0.4 is 27.9 Å². The van der Waals surface area contributed by atoms with Crippen LogP contribution in [0.3, 0.4) is 0 Å². The Labute approximate surface area is 125 Å². The molecule has 2 rings (SSSR count). The molecule has 1 aliphatic rings. The van der Waals surface area contributed by atoms with Crippen LogP contribution in [0.25, 0.3) is 0 Å². The maximum atomic E-state index is 3.42. The van der Waals surface area contributed by atoms with Gasteiger partial charge in [0.15, 0.2) is 0 Å². The van der Waals surface area contributed by atoms with E-state index in [-0.39, 0.29) is 34.1 Å². The van der Waals surface area contributed by atoms with Crippen LogP contribution in [0.5, 0.6) is 0 Å². The Balaban J connectivity index is 0.00000128. The van der Waals surface area contributed by atoms with Crippen LogP contribution in [0.4, 0.5) is 5.69 Å². The molecule has 0 spiro atoms. The third-order valence-electron chi connectivity index (χ3n) is 2.72. The van der Waals surface area contributed by atoms with Gasteiger partial charge in [0.25, 0.3) is 0 Å². The van der Waals surface area contributed by atoms with Gasteiger partial charge >= 0.3 is 21.7 Å². The summed E-state index contributed by atoms with van der Waals surface area (Å²) in [6.07, 6.45) is 0.